The molecule has 4 nitrogen and oxygen atoms in total. The monoisotopic (exact) mass is 340 g/mol. The fourth-order valence-corrected chi connectivity index (χ4v) is 3.28. The minimum absolute atomic E-state index is 0.0291. The molecule has 2 aromatic carbocycles. The van der Waals surface area contributed by atoms with E-state index in [1.54, 1.807) is 0 Å². The van der Waals surface area contributed by atoms with Crippen molar-refractivity contribution in [2.24, 2.45) is 0 Å². The van der Waals surface area contributed by atoms with Crippen LogP contribution in [0.25, 0.3) is 10.2 Å². The number of anilines is 1. The Morgan fingerprint density at radius 1 is 1.17 bits per heavy atom. The number of benzene rings is 2. The SMILES string of the molecule is Cc1cccc(OCCCC(=O)Nc2nc3ccccc3s2)c1C. The van der Waals surface area contributed by atoms with Crippen LogP contribution in [-0.4, -0.2) is 17.5 Å². The highest BCUT2D eigenvalue weighted by Gasteiger charge is 2.08. The normalized spacial score (nSPS) is 10.8. The molecule has 0 radical (unpaired) electrons. The number of aromatic nitrogens is 1. The molecule has 0 bridgehead atoms. The first-order valence-electron chi connectivity index (χ1n) is 7.98. The molecule has 0 saturated heterocycles. The van der Waals surface area contributed by atoms with Gasteiger partial charge in [0.05, 0.1) is 16.8 Å². The van der Waals surface area contributed by atoms with Crippen molar-refractivity contribution in [3.05, 3.63) is 53.6 Å². The van der Waals surface area contributed by atoms with E-state index in [-0.39, 0.29) is 5.91 Å². The van der Waals surface area contributed by atoms with E-state index >= 15 is 0 Å². The highest BCUT2D eigenvalue weighted by Crippen LogP contribution is 2.25. The van der Waals surface area contributed by atoms with E-state index in [1.807, 2.05) is 43.3 Å². The van der Waals surface area contributed by atoms with Crippen LogP contribution in [0.4, 0.5) is 5.13 Å². The van der Waals surface area contributed by atoms with Crippen LogP contribution in [0.1, 0.15) is 24.0 Å². The summed E-state index contributed by atoms with van der Waals surface area (Å²) in [6, 6.07) is 13.9. The molecule has 0 spiro atoms. The first kappa shape index (κ1) is 16.5. The molecule has 0 fully saturated rings. The molecule has 0 unspecified atom stereocenters. The summed E-state index contributed by atoms with van der Waals surface area (Å²) >= 11 is 1.49. The summed E-state index contributed by atoms with van der Waals surface area (Å²) in [6.45, 7) is 4.63. The van der Waals surface area contributed by atoms with E-state index in [2.05, 4.69) is 23.3 Å². The third-order valence-electron chi connectivity index (χ3n) is 3.90. The molecule has 3 aromatic rings. The van der Waals surface area contributed by atoms with Crippen molar-refractivity contribution in [2.45, 2.75) is 26.7 Å². The molecule has 0 atom stereocenters. The van der Waals surface area contributed by atoms with Gasteiger partial charge in [0, 0.05) is 6.42 Å². The molecule has 24 heavy (non-hydrogen) atoms. The lowest BCUT2D eigenvalue weighted by atomic mass is 10.1. The number of rotatable bonds is 6. The Morgan fingerprint density at radius 3 is 2.83 bits per heavy atom. The van der Waals surface area contributed by atoms with Crippen LogP contribution >= 0.6 is 11.3 Å². The number of amides is 1. The largest absolute Gasteiger partial charge is 0.493 e. The first-order chi connectivity index (χ1) is 11.6. The van der Waals surface area contributed by atoms with E-state index in [9.17, 15) is 4.79 Å². The summed E-state index contributed by atoms with van der Waals surface area (Å²) in [5.41, 5.74) is 3.27. The Kier molecular flexibility index (Phi) is 5.11. The van der Waals surface area contributed by atoms with Crippen molar-refractivity contribution in [2.75, 3.05) is 11.9 Å². The Balaban J connectivity index is 1.46. The molecule has 3 rings (SSSR count). The number of hydrogen-bond acceptors (Lipinski definition) is 4. The number of thiazole rings is 1. The molecule has 0 saturated carbocycles. The summed E-state index contributed by atoms with van der Waals surface area (Å²) < 4.78 is 6.85. The van der Waals surface area contributed by atoms with Gasteiger partial charge in [-0.1, -0.05) is 35.6 Å². The van der Waals surface area contributed by atoms with Crippen molar-refractivity contribution in [3.8, 4) is 5.75 Å². The molecule has 1 amide bonds. The maximum atomic E-state index is 12.0. The fourth-order valence-electron chi connectivity index (χ4n) is 2.40. The predicted octanol–water partition coefficient (Wildman–Crippen LogP) is 4.71. The second-order valence-electron chi connectivity index (χ2n) is 5.68. The summed E-state index contributed by atoms with van der Waals surface area (Å²) in [4.78, 5) is 16.4. The smallest absolute Gasteiger partial charge is 0.226 e. The van der Waals surface area contributed by atoms with Gasteiger partial charge in [-0.2, -0.15) is 0 Å². The van der Waals surface area contributed by atoms with Gasteiger partial charge in [-0.25, -0.2) is 4.98 Å². The minimum atomic E-state index is -0.0291. The zero-order valence-corrected chi connectivity index (χ0v) is 14.7. The molecule has 1 N–H and O–H groups in total. The van der Waals surface area contributed by atoms with E-state index in [0.29, 0.717) is 24.6 Å². The van der Waals surface area contributed by atoms with Crippen LogP contribution in [-0.2, 0) is 4.79 Å². The van der Waals surface area contributed by atoms with Crippen molar-refractivity contribution in [3.63, 3.8) is 0 Å². The minimum Gasteiger partial charge on any atom is -0.493 e. The third kappa shape index (κ3) is 3.92. The number of aryl methyl sites for hydroxylation is 1. The highest BCUT2D eigenvalue weighted by atomic mass is 32.1. The molecular formula is C19H20N2O2S. The van der Waals surface area contributed by atoms with Gasteiger partial charge in [-0.15, -0.1) is 0 Å². The number of carbonyl (C=O) groups is 1. The van der Waals surface area contributed by atoms with E-state index in [4.69, 9.17) is 4.74 Å². The topological polar surface area (TPSA) is 51.2 Å². The maximum absolute atomic E-state index is 12.0. The van der Waals surface area contributed by atoms with Crippen molar-refractivity contribution in [1.29, 1.82) is 0 Å². The molecule has 0 aliphatic carbocycles. The molecule has 124 valence electrons. The number of nitrogens with zero attached hydrogens (tertiary/aromatic N) is 1. The first-order valence-corrected chi connectivity index (χ1v) is 8.79. The van der Waals surface area contributed by atoms with E-state index < -0.39 is 0 Å². The Hall–Kier alpha value is -2.40. The lowest BCUT2D eigenvalue weighted by Gasteiger charge is -2.10. The number of carbonyl (C=O) groups excluding carboxylic acids is 1. The Morgan fingerprint density at radius 2 is 2.00 bits per heavy atom. The molecule has 5 heteroatoms. The van der Waals surface area contributed by atoms with Gasteiger partial charge in [0.1, 0.15) is 5.75 Å². The summed E-state index contributed by atoms with van der Waals surface area (Å²) in [5, 5.41) is 3.51. The van der Waals surface area contributed by atoms with Crippen LogP contribution < -0.4 is 10.1 Å². The second kappa shape index (κ2) is 7.45. The highest BCUT2D eigenvalue weighted by molar-refractivity contribution is 7.22. The molecule has 0 aliphatic rings. The number of nitrogens with one attached hydrogen (secondary N) is 1. The zero-order chi connectivity index (χ0) is 16.9. The van der Waals surface area contributed by atoms with Crippen LogP contribution in [0.15, 0.2) is 42.5 Å². The maximum Gasteiger partial charge on any atom is 0.226 e. The second-order valence-corrected chi connectivity index (χ2v) is 6.72. The van der Waals surface area contributed by atoms with E-state index in [0.717, 1.165) is 21.5 Å². The van der Waals surface area contributed by atoms with Crippen LogP contribution in [0.5, 0.6) is 5.75 Å². The van der Waals surface area contributed by atoms with Gasteiger partial charge in [0.2, 0.25) is 5.91 Å². The Bertz CT molecular complexity index is 824. The van der Waals surface area contributed by atoms with Crippen molar-refractivity contribution in [1.82, 2.24) is 4.98 Å². The van der Waals surface area contributed by atoms with Gasteiger partial charge < -0.3 is 10.1 Å². The standard InChI is InChI=1S/C19H20N2O2S/c1-13-7-5-9-16(14(13)2)23-12-6-11-18(22)21-19-20-15-8-3-4-10-17(15)24-19/h3-5,7-10H,6,11-12H2,1-2H3,(H,20,21,22). The third-order valence-corrected chi connectivity index (χ3v) is 4.85. The quantitative estimate of drug-likeness (QED) is 0.661. The van der Waals surface area contributed by atoms with Gasteiger partial charge in [-0.3, -0.25) is 4.79 Å². The fraction of sp³-hybridized carbons (Fsp3) is 0.263. The lowest BCUT2D eigenvalue weighted by Crippen LogP contribution is -2.12. The summed E-state index contributed by atoms with van der Waals surface area (Å²) in [6.07, 6.45) is 1.09. The molecule has 1 heterocycles. The van der Waals surface area contributed by atoms with Crippen molar-refractivity contribution >= 4 is 32.6 Å². The molecular weight excluding hydrogens is 320 g/mol. The summed E-state index contributed by atoms with van der Waals surface area (Å²) in [5.74, 6) is 0.861. The average molecular weight is 340 g/mol. The van der Waals surface area contributed by atoms with Crippen LogP contribution in [0.3, 0.4) is 0 Å². The van der Waals surface area contributed by atoms with Crippen LogP contribution in [0, 0.1) is 13.8 Å². The van der Waals surface area contributed by atoms with Gasteiger partial charge in [-0.05, 0) is 49.6 Å². The summed E-state index contributed by atoms with van der Waals surface area (Å²) in [7, 11) is 0. The van der Waals surface area contributed by atoms with E-state index in [1.165, 1.54) is 16.9 Å². The van der Waals surface area contributed by atoms with Gasteiger partial charge in [0.25, 0.3) is 0 Å². The number of fused-ring (bicyclic) bond motifs is 1. The zero-order valence-electron chi connectivity index (χ0n) is 13.8. The predicted molar refractivity (Wildman–Crippen MR) is 98.9 cm³/mol. The van der Waals surface area contributed by atoms with Gasteiger partial charge >= 0.3 is 0 Å². The number of para-hydroxylation sites is 1. The van der Waals surface area contributed by atoms with Crippen LogP contribution in [0.2, 0.25) is 0 Å². The van der Waals surface area contributed by atoms with Crippen molar-refractivity contribution < 1.29 is 9.53 Å². The molecule has 0 aliphatic heterocycles. The number of ether oxygens (including phenoxy) is 1. The van der Waals surface area contributed by atoms with Gasteiger partial charge in [0.15, 0.2) is 5.13 Å². The number of hydrogen-bond donors (Lipinski definition) is 1. The lowest BCUT2D eigenvalue weighted by molar-refractivity contribution is -0.116. The Labute approximate surface area is 145 Å². The molecule has 1 aromatic heterocycles. The average Bonchev–Trinajstić information content (AvgIpc) is 2.97.